The van der Waals surface area contributed by atoms with Crippen molar-refractivity contribution >= 4 is 41.5 Å². The first-order valence-electron chi connectivity index (χ1n) is 11.9. The summed E-state index contributed by atoms with van der Waals surface area (Å²) in [7, 11) is 0. The molecule has 0 aliphatic rings. The normalized spacial score (nSPS) is 13.7. The van der Waals surface area contributed by atoms with E-state index in [9.17, 15) is 33.9 Å². The van der Waals surface area contributed by atoms with Gasteiger partial charge in [0.05, 0.1) is 12.5 Å². The summed E-state index contributed by atoms with van der Waals surface area (Å²) in [5, 5.41) is 25.0. The quantitative estimate of drug-likeness (QED) is 0.0395. The number of aliphatic imine (C=N–C) groups is 1. The summed E-state index contributed by atoms with van der Waals surface area (Å²) in [5.41, 5.74) is 27.0. The molecule has 0 rings (SSSR count). The van der Waals surface area contributed by atoms with Crippen LogP contribution in [0.3, 0.4) is 0 Å². The molecule has 4 atom stereocenters. The van der Waals surface area contributed by atoms with Gasteiger partial charge >= 0.3 is 11.9 Å². The van der Waals surface area contributed by atoms with Crippen LogP contribution >= 0.6 is 0 Å². The minimum absolute atomic E-state index is 0.0325. The Balaban J connectivity index is 5.66. The lowest BCUT2D eigenvalue weighted by atomic mass is 10.0. The summed E-state index contributed by atoms with van der Waals surface area (Å²) in [5.74, 6) is -6.60. The van der Waals surface area contributed by atoms with E-state index >= 15 is 0 Å². The van der Waals surface area contributed by atoms with Crippen LogP contribution in [0.2, 0.25) is 0 Å². The molecule has 0 fully saturated rings. The maximum Gasteiger partial charge on any atom is 0.326 e. The van der Waals surface area contributed by atoms with Gasteiger partial charge in [-0.1, -0.05) is 6.42 Å². The first-order chi connectivity index (χ1) is 17.8. The molecule has 4 unspecified atom stereocenters. The summed E-state index contributed by atoms with van der Waals surface area (Å²) >= 11 is 0. The molecule has 17 nitrogen and oxygen atoms in total. The van der Waals surface area contributed by atoms with E-state index < -0.39 is 66.2 Å². The monoisotopic (exact) mass is 545 g/mol. The topological polar surface area (TPSA) is 321 Å². The predicted octanol–water partition coefficient (Wildman–Crippen LogP) is -4.22. The Kier molecular flexibility index (Phi) is 16.4. The maximum atomic E-state index is 13.1. The number of unbranched alkanes of at least 4 members (excludes halogenated alkanes) is 1. The fourth-order valence-corrected chi connectivity index (χ4v) is 3.17. The number of nitrogens with two attached hydrogens (primary N) is 5. The standard InChI is InChI=1S/C21H39N9O8/c22-8-2-1-4-11(23)17(34)28-12(5-3-9-27-21(25)26)18(35)29-13(6-7-15(24)31)19(36)30-14(20(37)38)10-16(32)33/h11-14H,1-10,22-23H2,(H2,24,31)(H,28,34)(H,29,35)(H,30,36)(H,32,33)(H,37,38)(H4,25,26,27). The third-order valence-electron chi connectivity index (χ3n) is 5.19. The number of nitrogens with zero attached hydrogens (tertiary/aromatic N) is 1. The summed E-state index contributed by atoms with van der Waals surface area (Å²) in [6, 6.07) is -5.40. The van der Waals surface area contributed by atoms with Crippen molar-refractivity contribution < 1.29 is 39.0 Å². The van der Waals surface area contributed by atoms with Crippen LogP contribution in [0.25, 0.3) is 0 Å². The first-order valence-corrected chi connectivity index (χ1v) is 11.9. The van der Waals surface area contributed by atoms with E-state index in [-0.39, 0.29) is 38.2 Å². The van der Waals surface area contributed by atoms with E-state index in [1.54, 1.807) is 0 Å². The van der Waals surface area contributed by atoms with Crippen molar-refractivity contribution in [3.8, 4) is 0 Å². The van der Waals surface area contributed by atoms with Gasteiger partial charge in [-0.15, -0.1) is 0 Å². The third-order valence-corrected chi connectivity index (χ3v) is 5.19. The number of carbonyl (C=O) groups excluding carboxylic acids is 4. The number of rotatable bonds is 20. The molecule has 15 N–H and O–H groups in total. The Morgan fingerprint density at radius 3 is 1.79 bits per heavy atom. The largest absolute Gasteiger partial charge is 0.481 e. The number of amides is 4. The van der Waals surface area contributed by atoms with Crippen molar-refractivity contribution in [3.63, 3.8) is 0 Å². The van der Waals surface area contributed by atoms with Gasteiger partial charge in [0.15, 0.2) is 5.96 Å². The van der Waals surface area contributed by atoms with Crippen LogP contribution in [0.5, 0.6) is 0 Å². The van der Waals surface area contributed by atoms with Gasteiger partial charge in [-0.25, -0.2) is 4.79 Å². The van der Waals surface area contributed by atoms with Crippen LogP contribution in [0.1, 0.15) is 51.4 Å². The number of aliphatic carboxylic acids is 2. The molecular formula is C21H39N9O8. The fraction of sp³-hybridized carbons (Fsp3) is 0.667. The Hall–Kier alpha value is -3.99. The number of carboxylic acids is 2. The molecule has 216 valence electrons. The highest BCUT2D eigenvalue weighted by atomic mass is 16.4. The average Bonchev–Trinajstić information content (AvgIpc) is 2.82. The summed E-state index contributed by atoms with van der Waals surface area (Å²) in [6.07, 6.45) is 0.226. The molecule has 17 heteroatoms. The second kappa shape index (κ2) is 18.3. The fourth-order valence-electron chi connectivity index (χ4n) is 3.17. The van der Waals surface area contributed by atoms with Gasteiger partial charge in [0.2, 0.25) is 23.6 Å². The second-order valence-corrected chi connectivity index (χ2v) is 8.46. The van der Waals surface area contributed by atoms with E-state index in [1.807, 2.05) is 5.32 Å². The molecule has 0 aliphatic heterocycles. The van der Waals surface area contributed by atoms with Crippen molar-refractivity contribution in [2.45, 2.75) is 75.5 Å². The van der Waals surface area contributed by atoms with Crippen LogP contribution in [-0.2, 0) is 28.8 Å². The smallest absolute Gasteiger partial charge is 0.326 e. The van der Waals surface area contributed by atoms with Crippen LogP contribution in [0.4, 0.5) is 0 Å². The SMILES string of the molecule is NCCCCC(N)C(=O)NC(CCCN=C(N)N)C(=O)NC(CCC(N)=O)C(=O)NC(CC(=O)O)C(=O)O. The highest BCUT2D eigenvalue weighted by Gasteiger charge is 2.31. The Morgan fingerprint density at radius 2 is 1.29 bits per heavy atom. The minimum atomic E-state index is -1.80. The second-order valence-electron chi connectivity index (χ2n) is 8.46. The zero-order chi connectivity index (χ0) is 29.3. The van der Waals surface area contributed by atoms with E-state index in [4.69, 9.17) is 33.8 Å². The Labute approximate surface area is 219 Å². The van der Waals surface area contributed by atoms with Crippen molar-refractivity contribution in [1.82, 2.24) is 16.0 Å². The lowest BCUT2D eigenvalue weighted by Gasteiger charge is -2.25. The first kappa shape index (κ1) is 34.0. The molecular weight excluding hydrogens is 506 g/mol. The number of nitrogens with one attached hydrogen (secondary N) is 3. The molecule has 0 radical (unpaired) electrons. The number of hydrogen-bond donors (Lipinski definition) is 10. The summed E-state index contributed by atoms with van der Waals surface area (Å²) in [6.45, 7) is 0.555. The van der Waals surface area contributed by atoms with Gasteiger partial charge in [0, 0.05) is 13.0 Å². The lowest BCUT2D eigenvalue weighted by molar-refractivity contribution is -0.147. The number of carbonyl (C=O) groups is 6. The molecule has 0 aromatic rings. The Morgan fingerprint density at radius 1 is 0.737 bits per heavy atom. The van der Waals surface area contributed by atoms with Crippen LogP contribution in [0, 0.1) is 0 Å². The van der Waals surface area contributed by atoms with Crippen molar-refractivity contribution in [3.05, 3.63) is 0 Å². The molecule has 0 aliphatic carbocycles. The van der Waals surface area contributed by atoms with Crippen LogP contribution in [-0.4, -0.2) is 89.0 Å². The van der Waals surface area contributed by atoms with Crippen LogP contribution < -0.4 is 44.6 Å². The number of hydrogen-bond acceptors (Lipinski definition) is 9. The van der Waals surface area contributed by atoms with Gasteiger partial charge < -0.3 is 54.8 Å². The Bertz CT molecular complexity index is 864. The van der Waals surface area contributed by atoms with E-state index in [2.05, 4.69) is 15.6 Å². The van der Waals surface area contributed by atoms with E-state index in [1.165, 1.54) is 0 Å². The number of carboxylic acid groups (broad SMARTS) is 2. The van der Waals surface area contributed by atoms with Crippen molar-refractivity contribution in [1.29, 1.82) is 0 Å². The molecule has 0 saturated carbocycles. The molecule has 4 amide bonds. The highest BCUT2D eigenvalue weighted by molar-refractivity contribution is 5.94. The van der Waals surface area contributed by atoms with Crippen molar-refractivity contribution in [2.24, 2.45) is 33.7 Å². The van der Waals surface area contributed by atoms with Gasteiger partial charge in [-0.05, 0) is 38.6 Å². The maximum absolute atomic E-state index is 13.1. The summed E-state index contributed by atoms with van der Waals surface area (Å²) < 4.78 is 0. The number of primary amides is 1. The molecule has 0 spiro atoms. The van der Waals surface area contributed by atoms with Gasteiger partial charge in [0.1, 0.15) is 18.1 Å². The zero-order valence-electron chi connectivity index (χ0n) is 21.1. The predicted molar refractivity (Wildman–Crippen MR) is 135 cm³/mol. The third kappa shape index (κ3) is 15.2. The zero-order valence-corrected chi connectivity index (χ0v) is 21.1. The van der Waals surface area contributed by atoms with Gasteiger partial charge in [0.25, 0.3) is 0 Å². The highest BCUT2D eigenvalue weighted by Crippen LogP contribution is 2.06. The summed E-state index contributed by atoms with van der Waals surface area (Å²) in [4.78, 5) is 75.7. The molecule has 0 bridgehead atoms. The lowest BCUT2D eigenvalue weighted by Crippen LogP contribution is -2.57. The molecule has 38 heavy (non-hydrogen) atoms. The van der Waals surface area contributed by atoms with Crippen molar-refractivity contribution in [2.75, 3.05) is 13.1 Å². The van der Waals surface area contributed by atoms with E-state index in [0.717, 1.165) is 0 Å². The minimum Gasteiger partial charge on any atom is -0.481 e. The van der Waals surface area contributed by atoms with E-state index in [0.29, 0.717) is 25.8 Å². The molecule has 0 aromatic carbocycles. The van der Waals surface area contributed by atoms with Gasteiger partial charge in [-0.2, -0.15) is 0 Å². The molecule has 0 heterocycles. The molecule has 0 saturated heterocycles. The average molecular weight is 546 g/mol. The molecule has 0 aromatic heterocycles. The van der Waals surface area contributed by atoms with Crippen LogP contribution in [0.15, 0.2) is 4.99 Å². The van der Waals surface area contributed by atoms with Gasteiger partial charge in [-0.3, -0.25) is 29.0 Å². The number of guanidine groups is 1.